The number of nitrogens with one attached hydrogen (secondary N) is 1. The summed E-state index contributed by atoms with van der Waals surface area (Å²) < 4.78 is 12.9. The number of benzene rings is 1. The fourth-order valence-electron chi connectivity index (χ4n) is 7.34. The Bertz CT molecular complexity index is 892. The molecule has 2 spiro atoms. The summed E-state index contributed by atoms with van der Waals surface area (Å²) in [5.41, 5.74) is 3.25. The largest absolute Gasteiger partial charge is 0.485 e. The highest BCUT2D eigenvalue weighted by Crippen LogP contribution is 2.73. The van der Waals surface area contributed by atoms with Gasteiger partial charge in [-0.1, -0.05) is 24.3 Å². The first kappa shape index (κ1) is 15.4. The highest BCUT2D eigenvalue weighted by atomic mass is 16.6. The molecular formula is C22H25NO3. The van der Waals surface area contributed by atoms with Gasteiger partial charge in [-0.25, -0.2) is 0 Å². The lowest BCUT2D eigenvalue weighted by Crippen LogP contribution is -2.79. The van der Waals surface area contributed by atoms with E-state index in [1.165, 1.54) is 16.7 Å². The molecule has 6 aliphatic rings. The van der Waals surface area contributed by atoms with Crippen LogP contribution in [-0.4, -0.2) is 37.2 Å². The van der Waals surface area contributed by atoms with Gasteiger partial charge in [0, 0.05) is 24.1 Å². The minimum atomic E-state index is -0.657. The molecule has 1 saturated heterocycles. The molecule has 1 N–H and O–H groups in total. The van der Waals surface area contributed by atoms with Crippen LogP contribution < -0.4 is 10.1 Å². The minimum Gasteiger partial charge on any atom is -0.485 e. The molecule has 4 aliphatic carbocycles. The van der Waals surface area contributed by atoms with Gasteiger partial charge in [-0.3, -0.25) is 4.79 Å². The quantitative estimate of drug-likeness (QED) is 0.832. The van der Waals surface area contributed by atoms with Crippen LogP contribution in [0.2, 0.25) is 0 Å². The summed E-state index contributed by atoms with van der Waals surface area (Å²) in [5, 5.41) is 3.79. The third-order valence-electron chi connectivity index (χ3n) is 8.34. The first-order valence-corrected chi connectivity index (χ1v) is 9.79. The van der Waals surface area contributed by atoms with E-state index in [1.54, 1.807) is 14.0 Å². The Labute approximate surface area is 153 Å². The van der Waals surface area contributed by atoms with Crippen LogP contribution in [0, 0.1) is 18.3 Å². The maximum Gasteiger partial charge on any atom is 0.143 e. The number of hydrogen-bond donors (Lipinski definition) is 1. The topological polar surface area (TPSA) is 47.6 Å². The van der Waals surface area contributed by atoms with E-state index in [1.807, 2.05) is 0 Å². The molecule has 4 bridgehead atoms. The standard InChI is InChI=1S/C22H25NO3/c1-12-4-5-14-10-16-20-6-7-22(25-3,15(11-20)13(2)24)19-21(20,8-9-23-16)17(14)18(12)26-19/h4-7,15-16,19,23H,8-11H2,1-3H3/t15-,16-,19-,20-,21+,22-/m1/s1. The average molecular weight is 351 g/mol. The number of piperidine rings is 1. The number of fused-ring (bicyclic) bond motifs is 1. The predicted octanol–water partition coefficient (Wildman–Crippen LogP) is 2.46. The molecule has 0 amide bonds. The molecule has 2 heterocycles. The number of ether oxygens (including phenoxy) is 2. The van der Waals surface area contributed by atoms with Gasteiger partial charge in [0.2, 0.25) is 0 Å². The maximum absolute atomic E-state index is 12.7. The van der Waals surface area contributed by atoms with Crippen molar-refractivity contribution in [2.45, 2.75) is 56.3 Å². The molecule has 2 fully saturated rings. The Hall–Kier alpha value is -1.65. The smallest absolute Gasteiger partial charge is 0.143 e. The molecule has 1 aromatic rings. The molecular weight excluding hydrogens is 326 g/mol. The lowest BCUT2D eigenvalue weighted by atomic mass is 9.37. The van der Waals surface area contributed by atoms with E-state index in [9.17, 15) is 4.79 Å². The molecule has 1 aromatic carbocycles. The third kappa shape index (κ3) is 1.31. The first-order valence-electron chi connectivity index (χ1n) is 9.79. The van der Waals surface area contributed by atoms with Crippen molar-refractivity contribution in [1.29, 1.82) is 0 Å². The normalized spacial score (nSPS) is 46.0. The molecule has 136 valence electrons. The van der Waals surface area contributed by atoms with Crippen molar-refractivity contribution in [2.75, 3.05) is 13.7 Å². The SMILES string of the molecule is CO[C@]12C=C[C@@]3(C[C@@H]1C(C)=O)[C@H]1Cc4ccc(C)c5c4[C@@]3(CCN1)[C@H]2O5. The van der Waals surface area contributed by atoms with Crippen LogP contribution in [0.5, 0.6) is 5.75 Å². The number of carbonyl (C=O) groups excluding carboxylic acids is 1. The fraction of sp³-hybridized carbons (Fsp3) is 0.591. The summed E-state index contributed by atoms with van der Waals surface area (Å²) in [5.74, 6) is 1.13. The summed E-state index contributed by atoms with van der Waals surface area (Å²) in [6, 6.07) is 4.84. The maximum atomic E-state index is 12.7. The van der Waals surface area contributed by atoms with Crippen LogP contribution in [-0.2, 0) is 21.4 Å². The van der Waals surface area contributed by atoms with Crippen molar-refractivity contribution in [3.05, 3.63) is 41.0 Å². The van der Waals surface area contributed by atoms with Crippen LogP contribution in [0.4, 0.5) is 0 Å². The molecule has 1 saturated carbocycles. The lowest BCUT2D eigenvalue weighted by molar-refractivity contribution is -0.200. The van der Waals surface area contributed by atoms with Gasteiger partial charge in [-0.05, 0) is 50.8 Å². The zero-order valence-corrected chi connectivity index (χ0v) is 15.6. The van der Waals surface area contributed by atoms with Gasteiger partial charge in [0.05, 0.1) is 11.3 Å². The molecule has 4 nitrogen and oxygen atoms in total. The van der Waals surface area contributed by atoms with Crippen molar-refractivity contribution in [3.8, 4) is 5.75 Å². The Balaban J connectivity index is 1.73. The first-order chi connectivity index (χ1) is 12.5. The van der Waals surface area contributed by atoms with Gasteiger partial charge in [-0.2, -0.15) is 0 Å². The van der Waals surface area contributed by atoms with Crippen LogP contribution in [0.1, 0.15) is 36.5 Å². The second kappa shape index (κ2) is 4.42. The minimum absolute atomic E-state index is 0.0570. The monoisotopic (exact) mass is 351 g/mol. The molecule has 0 aromatic heterocycles. The van der Waals surface area contributed by atoms with Crippen LogP contribution in [0.25, 0.3) is 0 Å². The van der Waals surface area contributed by atoms with Crippen LogP contribution in [0.3, 0.4) is 0 Å². The van der Waals surface area contributed by atoms with Gasteiger partial charge < -0.3 is 14.8 Å². The van der Waals surface area contributed by atoms with Gasteiger partial charge in [-0.15, -0.1) is 0 Å². The Kier molecular flexibility index (Phi) is 2.62. The van der Waals surface area contributed by atoms with E-state index >= 15 is 0 Å². The third-order valence-corrected chi connectivity index (χ3v) is 8.34. The predicted molar refractivity (Wildman–Crippen MR) is 97.5 cm³/mol. The molecule has 0 unspecified atom stereocenters. The average Bonchev–Trinajstić information content (AvgIpc) is 2.99. The van der Waals surface area contributed by atoms with Gasteiger partial charge in [0.15, 0.2) is 0 Å². The number of Topliss-reactive ketones (excluding diaryl/α,β-unsaturated/α-hetero) is 1. The van der Waals surface area contributed by atoms with Crippen molar-refractivity contribution in [2.24, 2.45) is 11.3 Å². The molecule has 0 radical (unpaired) electrons. The Morgan fingerprint density at radius 3 is 2.96 bits per heavy atom. The van der Waals surface area contributed by atoms with E-state index in [4.69, 9.17) is 9.47 Å². The van der Waals surface area contributed by atoms with Crippen LogP contribution in [0.15, 0.2) is 24.3 Å². The van der Waals surface area contributed by atoms with E-state index in [2.05, 4.69) is 36.5 Å². The summed E-state index contributed by atoms with van der Waals surface area (Å²) in [6.07, 6.45) is 7.36. The molecule has 26 heavy (non-hydrogen) atoms. The highest BCUT2D eigenvalue weighted by Gasteiger charge is 2.78. The van der Waals surface area contributed by atoms with Gasteiger partial charge in [0.1, 0.15) is 23.2 Å². The molecule has 7 rings (SSSR count). The number of carbonyl (C=O) groups is 1. The summed E-state index contributed by atoms with van der Waals surface area (Å²) in [4.78, 5) is 12.7. The van der Waals surface area contributed by atoms with Crippen molar-refractivity contribution in [1.82, 2.24) is 5.32 Å². The Morgan fingerprint density at radius 2 is 2.19 bits per heavy atom. The van der Waals surface area contributed by atoms with Gasteiger partial charge >= 0.3 is 0 Å². The van der Waals surface area contributed by atoms with E-state index in [0.29, 0.717) is 6.04 Å². The Morgan fingerprint density at radius 1 is 1.35 bits per heavy atom. The summed E-state index contributed by atoms with van der Waals surface area (Å²) in [7, 11) is 1.75. The number of ketones is 1. The van der Waals surface area contributed by atoms with Crippen molar-refractivity contribution in [3.63, 3.8) is 0 Å². The number of aryl methyl sites for hydroxylation is 1. The zero-order valence-electron chi connectivity index (χ0n) is 15.6. The summed E-state index contributed by atoms with van der Waals surface area (Å²) >= 11 is 0. The summed E-state index contributed by atoms with van der Waals surface area (Å²) in [6.45, 7) is 4.85. The number of methoxy groups -OCH3 is 1. The second-order valence-electron chi connectivity index (χ2n) is 8.97. The van der Waals surface area contributed by atoms with Crippen LogP contribution >= 0.6 is 0 Å². The van der Waals surface area contributed by atoms with E-state index in [-0.39, 0.29) is 28.6 Å². The number of rotatable bonds is 2. The highest BCUT2D eigenvalue weighted by molar-refractivity contribution is 5.82. The van der Waals surface area contributed by atoms with E-state index in [0.717, 1.165) is 31.6 Å². The van der Waals surface area contributed by atoms with Gasteiger partial charge in [0.25, 0.3) is 0 Å². The molecule has 2 aliphatic heterocycles. The molecule has 4 heteroatoms. The van der Waals surface area contributed by atoms with Crippen molar-refractivity contribution < 1.29 is 14.3 Å². The molecule has 6 atom stereocenters. The lowest BCUT2D eigenvalue weighted by Gasteiger charge is -2.69. The zero-order chi connectivity index (χ0) is 17.9. The number of hydrogen-bond acceptors (Lipinski definition) is 4. The fourth-order valence-corrected chi connectivity index (χ4v) is 7.34. The van der Waals surface area contributed by atoms with Crippen molar-refractivity contribution >= 4 is 5.78 Å². The second-order valence-corrected chi connectivity index (χ2v) is 8.97. The van der Waals surface area contributed by atoms with E-state index < -0.39 is 5.60 Å².